The van der Waals surface area contributed by atoms with Crippen LogP contribution in [0.5, 0.6) is 0 Å². The maximum atomic E-state index is 9.45. The van der Waals surface area contributed by atoms with Gasteiger partial charge in [-0.3, -0.25) is 0 Å². The molecule has 4 nitrogen and oxygen atoms in total. The third-order valence-electron chi connectivity index (χ3n) is 0.869. The van der Waals surface area contributed by atoms with Crippen LogP contribution in [0.2, 0.25) is 0 Å². The van der Waals surface area contributed by atoms with E-state index in [-0.39, 0.29) is 0 Å². The summed E-state index contributed by atoms with van der Waals surface area (Å²) in [7, 11) is 0. The molecule has 1 atom stereocenters. The molecule has 0 amide bonds. The van der Waals surface area contributed by atoms with E-state index >= 15 is 0 Å². The molecule has 1 unspecified atom stereocenters. The first kappa shape index (κ1) is 13.0. The van der Waals surface area contributed by atoms with Crippen LogP contribution in [-0.2, 0) is 4.79 Å². The van der Waals surface area contributed by atoms with Gasteiger partial charge < -0.3 is 15.3 Å². The molecule has 0 heterocycles. The second-order valence-corrected chi connectivity index (χ2v) is 2.09. The summed E-state index contributed by atoms with van der Waals surface area (Å²) in [5.41, 5.74) is 0. The van der Waals surface area contributed by atoms with Crippen molar-refractivity contribution in [1.29, 1.82) is 0 Å². The Kier molecular flexibility index (Phi) is 11.1. The normalized spacial score (nSPS) is 11.3. The van der Waals surface area contributed by atoms with Crippen LogP contribution in [0.1, 0.15) is 26.7 Å². The summed E-state index contributed by atoms with van der Waals surface area (Å²) < 4.78 is 0. The van der Waals surface area contributed by atoms with Gasteiger partial charge in [0.1, 0.15) is 6.10 Å². The van der Waals surface area contributed by atoms with Gasteiger partial charge in [0, 0.05) is 6.61 Å². The molecule has 0 bridgehead atoms. The Morgan fingerprint density at radius 1 is 1.55 bits per heavy atom. The van der Waals surface area contributed by atoms with Crippen molar-refractivity contribution >= 4 is 5.97 Å². The lowest BCUT2D eigenvalue weighted by Crippen LogP contribution is -2.13. The van der Waals surface area contributed by atoms with Crippen molar-refractivity contribution in [3.8, 4) is 0 Å². The fourth-order valence-electron chi connectivity index (χ4n) is 0.158. The van der Waals surface area contributed by atoms with Gasteiger partial charge in [-0.15, -0.1) is 0 Å². The summed E-state index contributed by atoms with van der Waals surface area (Å²) in [6, 6.07) is 0. The van der Waals surface area contributed by atoms with Gasteiger partial charge in [-0.25, -0.2) is 4.79 Å². The summed E-state index contributed by atoms with van der Waals surface area (Å²) in [4.78, 5) is 9.45. The fourth-order valence-corrected chi connectivity index (χ4v) is 0.158. The molecule has 0 spiro atoms. The molecule has 11 heavy (non-hydrogen) atoms. The van der Waals surface area contributed by atoms with Crippen molar-refractivity contribution in [3.63, 3.8) is 0 Å². The van der Waals surface area contributed by atoms with E-state index in [1.165, 1.54) is 6.92 Å². The molecule has 0 aliphatic heterocycles. The second-order valence-electron chi connectivity index (χ2n) is 2.09. The number of carboxylic acids is 1. The van der Waals surface area contributed by atoms with Crippen LogP contribution in [0.15, 0.2) is 0 Å². The highest BCUT2D eigenvalue weighted by Crippen LogP contribution is 1.78. The van der Waals surface area contributed by atoms with Gasteiger partial charge in [0.15, 0.2) is 0 Å². The van der Waals surface area contributed by atoms with Gasteiger partial charge in [0.25, 0.3) is 0 Å². The summed E-state index contributed by atoms with van der Waals surface area (Å²) in [6.07, 6.45) is 0.807. The zero-order valence-electron chi connectivity index (χ0n) is 6.95. The first-order valence-corrected chi connectivity index (χ1v) is 3.58. The highest BCUT2D eigenvalue weighted by atomic mass is 16.4. The molecule has 0 saturated carbocycles. The number of hydrogen-bond acceptors (Lipinski definition) is 3. The summed E-state index contributed by atoms with van der Waals surface area (Å²) in [6.45, 7) is 3.59. The monoisotopic (exact) mass is 164 g/mol. The van der Waals surface area contributed by atoms with E-state index in [1.807, 2.05) is 0 Å². The average Bonchev–Trinajstić information content (AvgIpc) is 1.90. The third kappa shape index (κ3) is 17.7. The predicted octanol–water partition coefficient (Wildman–Crippen LogP) is 0.231. The fraction of sp³-hybridized carbons (Fsp3) is 0.857. The first-order valence-electron chi connectivity index (χ1n) is 3.58. The van der Waals surface area contributed by atoms with E-state index in [1.54, 1.807) is 0 Å². The number of rotatable bonds is 3. The van der Waals surface area contributed by atoms with Gasteiger partial charge in [0.05, 0.1) is 0 Å². The van der Waals surface area contributed by atoms with E-state index in [2.05, 4.69) is 6.92 Å². The Morgan fingerprint density at radius 3 is 1.91 bits per heavy atom. The van der Waals surface area contributed by atoms with Crippen molar-refractivity contribution < 1.29 is 20.1 Å². The molecule has 0 aromatic heterocycles. The van der Waals surface area contributed by atoms with Crippen LogP contribution >= 0.6 is 0 Å². The lowest BCUT2D eigenvalue weighted by Gasteiger charge is -1.89. The standard InChI is InChI=1S/C4H10O.C3H6O3/c1-2-3-4-5;1-2(4)3(5)6/h5H,2-4H2,1H3;2,4H,1H3,(H,5,6). The van der Waals surface area contributed by atoms with Gasteiger partial charge in [0.2, 0.25) is 0 Å². The molecule has 0 aliphatic rings. The number of hydrogen-bond donors (Lipinski definition) is 3. The molecule has 0 rings (SSSR count). The van der Waals surface area contributed by atoms with Crippen LogP contribution in [0.3, 0.4) is 0 Å². The van der Waals surface area contributed by atoms with E-state index in [4.69, 9.17) is 15.3 Å². The quantitative estimate of drug-likeness (QED) is 0.558. The van der Waals surface area contributed by atoms with Crippen LogP contribution in [0.25, 0.3) is 0 Å². The SMILES string of the molecule is CC(O)C(=O)O.CCCCO. The van der Waals surface area contributed by atoms with Crippen molar-refractivity contribution in [2.45, 2.75) is 32.8 Å². The molecule has 0 aromatic carbocycles. The molecule has 0 saturated heterocycles. The third-order valence-corrected chi connectivity index (χ3v) is 0.869. The number of aliphatic hydroxyl groups excluding tert-OH is 2. The Morgan fingerprint density at radius 2 is 1.91 bits per heavy atom. The Bertz CT molecular complexity index is 88.4. The molecule has 0 radical (unpaired) electrons. The Hall–Kier alpha value is -0.610. The Labute approximate surface area is 66.5 Å². The molecular weight excluding hydrogens is 148 g/mol. The zero-order chi connectivity index (χ0) is 9.28. The van der Waals surface area contributed by atoms with Gasteiger partial charge in [-0.05, 0) is 13.3 Å². The smallest absolute Gasteiger partial charge is 0.332 e. The zero-order valence-corrected chi connectivity index (χ0v) is 6.95. The maximum absolute atomic E-state index is 9.45. The lowest BCUT2D eigenvalue weighted by molar-refractivity contribution is -0.145. The molecule has 3 N–H and O–H groups in total. The number of unbranched alkanes of at least 4 members (excludes halogenated alkanes) is 1. The minimum Gasteiger partial charge on any atom is -0.479 e. The van der Waals surface area contributed by atoms with E-state index in [9.17, 15) is 4.79 Å². The largest absolute Gasteiger partial charge is 0.479 e. The first-order chi connectivity index (χ1) is 5.06. The van der Waals surface area contributed by atoms with Crippen molar-refractivity contribution in [3.05, 3.63) is 0 Å². The summed E-state index contributed by atoms with van der Waals surface area (Å²) in [5, 5.41) is 23.8. The van der Waals surface area contributed by atoms with Crippen molar-refractivity contribution in [1.82, 2.24) is 0 Å². The van der Waals surface area contributed by atoms with E-state index in [0.29, 0.717) is 6.61 Å². The molecule has 0 fully saturated rings. The van der Waals surface area contributed by atoms with Gasteiger partial charge in [-0.2, -0.15) is 0 Å². The number of carbonyl (C=O) groups is 1. The van der Waals surface area contributed by atoms with Gasteiger partial charge >= 0.3 is 5.97 Å². The number of aliphatic hydroxyl groups is 2. The minimum absolute atomic E-state index is 0.344. The summed E-state index contributed by atoms with van der Waals surface area (Å²) >= 11 is 0. The average molecular weight is 164 g/mol. The topological polar surface area (TPSA) is 77.8 Å². The molecule has 0 aromatic rings. The van der Waals surface area contributed by atoms with Crippen LogP contribution < -0.4 is 0 Å². The lowest BCUT2D eigenvalue weighted by atomic mass is 10.4. The minimum atomic E-state index is -1.23. The highest BCUT2D eigenvalue weighted by Gasteiger charge is 2.01. The molecular formula is C7H16O4. The van der Waals surface area contributed by atoms with Crippen LogP contribution in [0, 0.1) is 0 Å². The maximum Gasteiger partial charge on any atom is 0.332 e. The molecule has 4 heteroatoms. The molecule has 0 aliphatic carbocycles. The summed E-state index contributed by atoms with van der Waals surface area (Å²) in [5.74, 6) is -1.19. The number of aliphatic carboxylic acids is 1. The van der Waals surface area contributed by atoms with E-state index < -0.39 is 12.1 Å². The van der Waals surface area contributed by atoms with Crippen molar-refractivity contribution in [2.24, 2.45) is 0 Å². The number of carboxylic acid groups (broad SMARTS) is 1. The second kappa shape index (κ2) is 9.39. The highest BCUT2D eigenvalue weighted by molar-refractivity contribution is 5.71. The van der Waals surface area contributed by atoms with E-state index in [0.717, 1.165) is 12.8 Å². The molecule has 68 valence electrons. The van der Waals surface area contributed by atoms with Crippen molar-refractivity contribution in [2.75, 3.05) is 6.61 Å². The van der Waals surface area contributed by atoms with Crippen LogP contribution in [-0.4, -0.2) is 34.0 Å². The van der Waals surface area contributed by atoms with Crippen LogP contribution in [0.4, 0.5) is 0 Å². The van der Waals surface area contributed by atoms with Gasteiger partial charge in [-0.1, -0.05) is 13.3 Å². The predicted molar refractivity (Wildman–Crippen MR) is 41.3 cm³/mol. The Balaban J connectivity index is 0.